The lowest BCUT2D eigenvalue weighted by molar-refractivity contribution is -0.125. The van der Waals surface area contributed by atoms with Gasteiger partial charge >= 0.3 is 6.16 Å². The lowest BCUT2D eigenvalue weighted by Gasteiger charge is -2.54. The van der Waals surface area contributed by atoms with E-state index >= 15 is 0 Å². The minimum absolute atomic E-state index is 0.0118. The number of rotatable bonds is 1. The van der Waals surface area contributed by atoms with Crippen LogP contribution in [-0.4, -0.2) is 25.2 Å². The van der Waals surface area contributed by atoms with E-state index in [9.17, 15) is 9.59 Å². The predicted octanol–water partition coefficient (Wildman–Crippen LogP) is 4.92. The van der Waals surface area contributed by atoms with Crippen LogP contribution in [0.2, 0.25) is 0 Å². The molecule has 3 fully saturated rings. The van der Waals surface area contributed by atoms with Gasteiger partial charge in [-0.3, -0.25) is 4.79 Å². The molecule has 0 spiro atoms. The van der Waals surface area contributed by atoms with Crippen molar-refractivity contribution in [1.82, 2.24) is 0 Å². The molecule has 0 aliphatic heterocycles. The highest BCUT2D eigenvalue weighted by Crippen LogP contribution is 2.63. The smallest absolute Gasteiger partial charge is 0.438 e. The van der Waals surface area contributed by atoms with E-state index in [-0.39, 0.29) is 16.9 Å². The van der Waals surface area contributed by atoms with Crippen LogP contribution in [0, 0.1) is 34.5 Å². The lowest BCUT2D eigenvalue weighted by Crippen LogP contribution is -2.49. The molecule has 4 aliphatic rings. The molecule has 0 amide bonds. The molecule has 4 heteroatoms. The molecule has 144 valence electrons. The molecule has 0 aromatic heterocycles. The zero-order valence-electron chi connectivity index (χ0n) is 16.5. The number of ketones is 1. The summed E-state index contributed by atoms with van der Waals surface area (Å²) in [5, 5.41) is 0. The van der Waals surface area contributed by atoms with Crippen LogP contribution in [0.25, 0.3) is 0 Å². The zero-order valence-corrected chi connectivity index (χ0v) is 16.5. The summed E-state index contributed by atoms with van der Waals surface area (Å²) < 4.78 is 10.4. The molecular formula is C22H32O4. The van der Waals surface area contributed by atoms with Gasteiger partial charge in [-0.1, -0.05) is 26.3 Å². The highest BCUT2D eigenvalue weighted by Gasteiger charge is 2.58. The summed E-state index contributed by atoms with van der Waals surface area (Å²) >= 11 is 0. The van der Waals surface area contributed by atoms with Gasteiger partial charge in [0.05, 0.1) is 7.11 Å². The first-order chi connectivity index (χ1) is 12.3. The van der Waals surface area contributed by atoms with Gasteiger partial charge in [0, 0.05) is 10.8 Å². The van der Waals surface area contributed by atoms with Crippen LogP contribution < -0.4 is 0 Å². The van der Waals surface area contributed by atoms with Gasteiger partial charge in [-0.25, -0.2) is 4.79 Å². The number of carbonyl (C=O) groups excluding carboxylic acids is 2. The Labute approximate surface area is 156 Å². The number of fused-ring (bicyclic) bond motifs is 5. The maximum absolute atomic E-state index is 12.4. The molecule has 0 aromatic carbocycles. The first kappa shape index (κ1) is 18.1. The van der Waals surface area contributed by atoms with E-state index in [0.717, 1.165) is 32.1 Å². The van der Waals surface area contributed by atoms with E-state index in [1.165, 1.54) is 25.5 Å². The average Bonchev–Trinajstić information content (AvgIpc) is 2.92. The van der Waals surface area contributed by atoms with Crippen molar-refractivity contribution in [1.29, 1.82) is 0 Å². The van der Waals surface area contributed by atoms with Crippen LogP contribution in [0.3, 0.4) is 0 Å². The Morgan fingerprint density at radius 1 is 1.12 bits per heavy atom. The lowest BCUT2D eigenvalue weighted by atomic mass is 9.50. The molecular weight excluding hydrogens is 328 g/mol. The molecule has 0 aromatic rings. The quantitative estimate of drug-likeness (QED) is 0.623. The van der Waals surface area contributed by atoms with Crippen molar-refractivity contribution in [2.45, 2.75) is 71.8 Å². The van der Waals surface area contributed by atoms with Crippen molar-refractivity contribution in [3.05, 3.63) is 11.6 Å². The van der Waals surface area contributed by atoms with Gasteiger partial charge in [-0.2, -0.15) is 0 Å². The predicted molar refractivity (Wildman–Crippen MR) is 98.5 cm³/mol. The Morgan fingerprint density at radius 2 is 1.88 bits per heavy atom. The van der Waals surface area contributed by atoms with E-state index in [1.54, 1.807) is 0 Å². The molecule has 0 unspecified atom stereocenters. The molecule has 26 heavy (non-hydrogen) atoms. The summed E-state index contributed by atoms with van der Waals surface area (Å²) in [4.78, 5) is 24.1. The molecule has 0 N–H and O–H groups in total. The van der Waals surface area contributed by atoms with E-state index in [0.29, 0.717) is 29.5 Å². The number of hydrogen-bond donors (Lipinski definition) is 0. The normalized spacial score (nSPS) is 43.6. The molecule has 4 nitrogen and oxygen atoms in total. The molecule has 0 radical (unpaired) electrons. The van der Waals surface area contributed by atoms with Crippen LogP contribution in [-0.2, 0) is 14.3 Å². The van der Waals surface area contributed by atoms with Crippen molar-refractivity contribution >= 4 is 11.9 Å². The Morgan fingerprint density at radius 3 is 2.62 bits per heavy atom. The topological polar surface area (TPSA) is 52.6 Å². The Balaban J connectivity index is 1.57. The average molecular weight is 360 g/mol. The second kappa shape index (κ2) is 6.10. The van der Waals surface area contributed by atoms with Gasteiger partial charge in [0.1, 0.15) is 6.10 Å². The maximum Gasteiger partial charge on any atom is 0.508 e. The van der Waals surface area contributed by atoms with Crippen LogP contribution in [0.15, 0.2) is 11.6 Å². The second-order valence-electron chi connectivity index (χ2n) is 9.93. The van der Waals surface area contributed by atoms with E-state index in [4.69, 9.17) is 9.47 Å². The third-order valence-electron chi connectivity index (χ3n) is 8.28. The van der Waals surface area contributed by atoms with Crippen molar-refractivity contribution in [2.24, 2.45) is 34.5 Å². The fraction of sp³-hybridized carbons (Fsp3) is 0.818. The maximum atomic E-state index is 12.4. The van der Waals surface area contributed by atoms with Crippen LogP contribution in [0.4, 0.5) is 4.79 Å². The standard InChI is InChI=1S/C22H32O4/c1-21(2)12-16-13(11-18(21)23)5-6-15-14(16)9-10-22(3)17(15)7-8-19(22)26-20(24)25-4/h11,14-17,19H,5-10,12H2,1-4H3/t14-,15+,16-,17-,19-,22-/m0/s1. The monoisotopic (exact) mass is 360 g/mol. The van der Waals surface area contributed by atoms with Gasteiger partial charge < -0.3 is 9.47 Å². The molecule has 0 bridgehead atoms. The zero-order chi connectivity index (χ0) is 18.7. The molecule has 0 saturated heterocycles. The van der Waals surface area contributed by atoms with Gasteiger partial charge in [-0.05, 0) is 74.7 Å². The number of methoxy groups -OCH3 is 1. The third-order valence-corrected chi connectivity index (χ3v) is 8.28. The first-order valence-electron chi connectivity index (χ1n) is 10.3. The Kier molecular flexibility index (Phi) is 4.24. The fourth-order valence-corrected chi connectivity index (χ4v) is 6.81. The van der Waals surface area contributed by atoms with Gasteiger partial charge in [0.25, 0.3) is 0 Å². The molecule has 3 saturated carbocycles. The summed E-state index contributed by atoms with van der Waals surface area (Å²) in [6, 6.07) is 0. The fourth-order valence-electron chi connectivity index (χ4n) is 6.81. The van der Waals surface area contributed by atoms with Crippen LogP contribution in [0.1, 0.15) is 65.7 Å². The number of ether oxygens (including phenoxy) is 2. The van der Waals surface area contributed by atoms with Gasteiger partial charge in [0.2, 0.25) is 0 Å². The van der Waals surface area contributed by atoms with Crippen molar-refractivity contribution < 1.29 is 19.1 Å². The van der Waals surface area contributed by atoms with Crippen LogP contribution in [0.5, 0.6) is 0 Å². The molecule has 4 rings (SSSR count). The first-order valence-corrected chi connectivity index (χ1v) is 10.3. The Bertz CT molecular complexity index is 649. The Hall–Kier alpha value is -1.32. The van der Waals surface area contributed by atoms with Crippen molar-refractivity contribution in [2.75, 3.05) is 7.11 Å². The van der Waals surface area contributed by atoms with E-state index in [2.05, 4.69) is 20.8 Å². The summed E-state index contributed by atoms with van der Waals surface area (Å²) in [5.41, 5.74) is 1.28. The number of hydrogen-bond acceptors (Lipinski definition) is 4. The minimum Gasteiger partial charge on any atom is -0.438 e. The van der Waals surface area contributed by atoms with Gasteiger partial charge in [-0.15, -0.1) is 0 Å². The SMILES string of the molecule is COC(=O)O[C@H]1CC[C@H]2[C@@H]3CCC4=CC(=O)C(C)(C)C[C@@H]4[C@H]3CC[C@]12C. The third kappa shape index (κ3) is 2.63. The summed E-state index contributed by atoms with van der Waals surface area (Å²) in [6.45, 7) is 6.54. The van der Waals surface area contributed by atoms with Crippen molar-refractivity contribution in [3.63, 3.8) is 0 Å². The number of carbonyl (C=O) groups is 2. The van der Waals surface area contributed by atoms with Crippen LogP contribution >= 0.6 is 0 Å². The van der Waals surface area contributed by atoms with Crippen molar-refractivity contribution in [3.8, 4) is 0 Å². The largest absolute Gasteiger partial charge is 0.508 e. The molecule has 4 aliphatic carbocycles. The molecule has 0 heterocycles. The highest BCUT2D eigenvalue weighted by molar-refractivity contribution is 5.96. The highest BCUT2D eigenvalue weighted by atomic mass is 16.7. The van der Waals surface area contributed by atoms with E-state index < -0.39 is 6.16 Å². The summed E-state index contributed by atoms with van der Waals surface area (Å²) in [6.07, 6.45) is 9.09. The van der Waals surface area contributed by atoms with E-state index in [1.807, 2.05) is 6.08 Å². The van der Waals surface area contributed by atoms with Gasteiger partial charge in [0.15, 0.2) is 5.78 Å². The number of allylic oxidation sites excluding steroid dienone is 1. The summed E-state index contributed by atoms with van der Waals surface area (Å²) in [5.74, 6) is 2.91. The molecule has 6 atom stereocenters. The summed E-state index contributed by atoms with van der Waals surface area (Å²) in [7, 11) is 1.38. The minimum atomic E-state index is -0.541. The second-order valence-corrected chi connectivity index (χ2v) is 9.93.